The summed E-state index contributed by atoms with van der Waals surface area (Å²) in [7, 11) is 0. The van der Waals surface area contributed by atoms with Crippen LogP contribution in [-0.4, -0.2) is 45.5 Å². The van der Waals surface area contributed by atoms with E-state index in [1.54, 1.807) is 15.9 Å². The predicted octanol–water partition coefficient (Wildman–Crippen LogP) is 3.12. The van der Waals surface area contributed by atoms with E-state index in [0.29, 0.717) is 19.0 Å². The molecule has 7 nitrogen and oxygen atoms in total. The molecule has 1 saturated heterocycles. The summed E-state index contributed by atoms with van der Waals surface area (Å²) >= 11 is 1.74. The molecule has 1 aliphatic heterocycles. The Morgan fingerprint density at radius 3 is 2.60 bits per heavy atom. The molecule has 0 saturated carbocycles. The molecular weight excluding hydrogens is 398 g/mol. The van der Waals surface area contributed by atoms with Gasteiger partial charge < -0.3 is 9.64 Å². The van der Waals surface area contributed by atoms with Crippen LogP contribution < -0.4 is 10.5 Å². The van der Waals surface area contributed by atoms with Crippen molar-refractivity contribution in [1.82, 2.24) is 19.2 Å². The van der Waals surface area contributed by atoms with Gasteiger partial charge in [0, 0.05) is 18.0 Å². The zero-order chi connectivity index (χ0) is 20.2. The van der Waals surface area contributed by atoms with E-state index in [-0.39, 0.29) is 5.56 Å². The van der Waals surface area contributed by atoms with Crippen LogP contribution in [0.2, 0.25) is 0 Å². The average Bonchev–Trinajstić information content (AvgIpc) is 3.38. The van der Waals surface area contributed by atoms with Crippen LogP contribution in [-0.2, 0) is 17.6 Å². The molecule has 0 radical (unpaired) electrons. The Kier molecular flexibility index (Phi) is 4.17. The Labute approximate surface area is 177 Å². The third-order valence-corrected chi connectivity index (χ3v) is 7.46. The topological polar surface area (TPSA) is 64.7 Å². The summed E-state index contributed by atoms with van der Waals surface area (Å²) in [5.74, 6) is 1.38. The molecule has 1 aliphatic carbocycles. The lowest BCUT2D eigenvalue weighted by Crippen LogP contribution is -2.37. The number of benzene rings is 1. The summed E-state index contributed by atoms with van der Waals surface area (Å²) in [4.78, 5) is 18.3. The van der Waals surface area contributed by atoms with E-state index < -0.39 is 0 Å². The van der Waals surface area contributed by atoms with Crippen LogP contribution in [0.25, 0.3) is 21.7 Å². The van der Waals surface area contributed by atoms with E-state index in [1.165, 1.54) is 16.9 Å². The zero-order valence-electron chi connectivity index (χ0n) is 16.9. The number of nitrogens with zero attached hydrogens (tertiary/aromatic N) is 5. The van der Waals surface area contributed by atoms with E-state index in [0.717, 1.165) is 59.8 Å². The molecule has 0 amide bonds. The minimum atomic E-state index is 0.0154. The molecule has 30 heavy (non-hydrogen) atoms. The predicted molar refractivity (Wildman–Crippen MR) is 118 cm³/mol. The van der Waals surface area contributed by atoms with Crippen molar-refractivity contribution >= 4 is 33.3 Å². The molecule has 0 unspecified atom stereocenters. The zero-order valence-corrected chi connectivity index (χ0v) is 17.7. The van der Waals surface area contributed by atoms with Crippen molar-refractivity contribution in [3.05, 3.63) is 50.6 Å². The minimum Gasteiger partial charge on any atom is -0.378 e. The minimum absolute atomic E-state index is 0.0154. The summed E-state index contributed by atoms with van der Waals surface area (Å²) in [6.45, 7) is 4.95. The maximum atomic E-state index is 13.8. The number of aromatic nitrogens is 4. The van der Waals surface area contributed by atoms with Gasteiger partial charge in [0.1, 0.15) is 4.83 Å². The van der Waals surface area contributed by atoms with Gasteiger partial charge in [0.25, 0.3) is 5.56 Å². The maximum absolute atomic E-state index is 13.8. The van der Waals surface area contributed by atoms with E-state index in [9.17, 15) is 4.79 Å². The maximum Gasteiger partial charge on any atom is 0.268 e. The number of anilines is 1. The molecule has 154 valence electrons. The first-order valence-electron chi connectivity index (χ1n) is 10.6. The van der Waals surface area contributed by atoms with Crippen molar-refractivity contribution in [1.29, 1.82) is 0 Å². The number of ether oxygens (including phenoxy) is 1. The third kappa shape index (κ3) is 2.63. The Bertz CT molecular complexity index is 1310. The number of fused-ring (bicyclic) bond motifs is 5. The van der Waals surface area contributed by atoms with E-state index >= 15 is 0 Å². The molecule has 0 N–H and O–H groups in total. The second kappa shape index (κ2) is 6.92. The first kappa shape index (κ1) is 18.1. The molecule has 8 heteroatoms. The van der Waals surface area contributed by atoms with Gasteiger partial charge >= 0.3 is 0 Å². The fraction of sp³-hybridized carbons (Fsp3) is 0.409. The first-order valence-corrected chi connectivity index (χ1v) is 11.4. The lowest BCUT2D eigenvalue weighted by molar-refractivity contribution is 0.122. The molecule has 0 atom stereocenters. The molecule has 1 aromatic carbocycles. The highest BCUT2D eigenvalue weighted by Gasteiger charge is 2.27. The fourth-order valence-corrected chi connectivity index (χ4v) is 6.00. The Morgan fingerprint density at radius 1 is 1.03 bits per heavy atom. The number of thiophene rings is 1. The number of hydrogen-bond donors (Lipinski definition) is 0. The van der Waals surface area contributed by atoms with Crippen LogP contribution in [0.5, 0.6) is 0 Å². The SMILES string of the molecule is Cc1ccc(-n2c(=O)c3c4c(sc3n3c(N5CCOCC5)nnc23)CCCC4)cc1. The van der Waals surface area contributed by atoms with Gasteiger partial charge in [0.05, 0.1) is 24.3 Å². The number of aryl methyl sites for hydroxylation is 3. The van der Waals surface area contributed by atoms with Crippen LogP contribution in [0.3, 0.4) is 0 Å². The highest BCUT2D eigenvalue weighted by atomic mass is 32.1. The molecule has 2 aliphatic rings. The Balaban J connectivity index is 1.72. The summed E-state index contributed by atoms with van der Waals surface area (Å²) in [5.41, 5.74) is 3.23. The van der Waals surface area contributed by atoms with E-state index in [4.69, 9.17) is 4.74 Å². The molecule has 1 fully saturated rings. The molecule has 0 bridgehead atoms. The highest BCUT2D eigenvalue weighted by Crippen LogP contribution is 2.36. The van der Waals surface area contributed by atoms with Gasteiger partial charge in [-0.1, -0.05) is 17.7 Å². The van der Waals surface area contributed by atoms with Crippen molar-refractivity contribution in [2.75, 3.05) is 31.2 Å². The van der Waals surface area contributed by atoms with Gasteiger partial charge in [0.15, 0.2) is 0 Å². The Hall–Kier alpha value is -2.71. The first-order chi connectivity index (χ1) is 14.7. The molecule has 4 heterocycles. The molecule has 4 aromatic rings. The molecule has 6 rings (SSSR count). The second-order valence-electron chi connectivity index (χ2n) is 8.10. The van der Waals surface area contributed by atoms with Crippen LogP contribution >= 0.6 is 11.3 Å². The van der Waals surface area contributed by atoms with Gasteiger partial charge in [-0.25, -0.2) is 8.97 Å². The van der Waals surface area contributed by atoms with Crippen LogP contribution in [0.1, 0.15) is 28.8 Å². The Morgan fingerprint density at radius 2 is 1.80 bits per heavy atom. The largest absolute Gasteiger partial charge is 0.378 e. The summed E-state index contributed by atoms with van der Waals surface area (Å²) < 4.78 is 9.37. The van der Waals surface area contributed by atoms with Gasteiger partial charge in [-0.2, -0.15) is 0 Å². The number of rotatable bonds is 2. The second-order valence-corrected chi connectivity index (χ2v) is 9.19. The van der Waals surface area contributed by atoms with Gasteiger partial charge in [-0.15, -0.1) is 21.5 Å². The van der Waals surface area contributed by atoms with Crippen molar-refractivity contribution in [2.45, 2.75) is 32.6 Å². The highest BCUT2D eigenvalue weighted by molar-refractivity contribution is 7.19. The van der Waals surface area contributed by atoms with Crippen molar-refractivity contribution in [3.8, 4) is 5.69 Å². The molecule has 0 spiro atoms. The summed E-state index contributed by atoms with van der Waals surface area (Å²) in [6.07, 6.45) is 4.35. The summed E-state index contributed by atoms with van der Waals surface area (Å²) in [6, 6.07) is 8.05. The van der Waals surface area contributed by atoms with Crippen LogP contribution in [0.15, 0.2) is 29.1 Å². The van der Waals surface area contributed by atoms with Crippen molar-refractivity contribution in [3.63, 3.8) is 0 Å². The number of morpholine rings is 1. The standard InChI is InChI=1S/C22H23N5O2S/c1-14-6-8-15(9-7-14)26-19(28)18-16-4-2-3-5-17(16)30-20(18)27-21(23-24-22(26)27)25-10-12-29-13-11-25/h6-9H,2-5,10-13H2,1H3. The smallest absolute Gasteiger partial charge is 0.268 e. The van der Waals surface area contributed by atoms with Crippen LogP contribution in [0, 0.1) is 6.92 Å². The average molecular weight is 422 g/mol. The third-order valence-electron chi connectivity index (χ3n) is 6.19. The monoisotopic (exact) mass is 421 g/mol. The van der Waals surface area contributed by atoms with Crippen molar-refractivity contribution in [2.24, 2.45) is 0 Å². The van der Waals surface area contributed by atoms with Gasteiger partial charge in [0.2, 0.25) is 11.7 Å². The lowest BCUT2D eigenvalue weighted by Gasteiger charge is -2.26. The fourth-order valence-electron chi connectivity index (χ4n) is 4.62. The van der Waals surface area contributed by atoms with E-state index in [1.807, 2.05) is 31.2 Å². The van der Waals surface area contributed by atoms with Crippen molar-refractivity contribution < 1.29 is 4.74 Å². The number of hydrogen-bond acceptors (Lipinski definition) is 6. The van der Waals surface area contributed by atoms with Gasteiger partial charge in [-0.3, -0.25) is 4.79 Å². The lowest BCUT2D eigenvalue weighted by atomic mass is 9.97. The summed E-state index contributed by atoms with van der Waals surface area (Å²) in [5, 5.41) is 9.90. The molecular formula is C22H23N5O2S. The normalized spacial score (nSPS) is 17.0. The quantitative estimate of drug-likeness (QED) is 0.498. The van der Waals surface area contributed by atoms with Crippen LogP contribution in [0.4, 0.5) is 5.95 Å². The molecule has 3 aromatic heterocycles. The van der Waals surface area contributed by atoms with E-state index in [2.05, 4.69) is 19.5 Å². The van der Waals surface area contributed by atoms with Gasteiger partial charge in [-0.05, 0) is 50.3 Å².